The first-order chi connectivity index (χ1) is 8.30. The van der Waals surface area contributed by atoms with Gasteiger partial charge in [-0.1, -0.05) is 13.0 Å². The van der Waals surface area contributed by atoms with Gasteiger partial charge in [0.25, 0.3) is 0 Å². The third kappa shape index (κ3) is 5.26. The van der Waals surface area contributed by atoms with Gasteiger partial charge in [0.05, 0.1) is 18.0 Å². The number of pyridine rings is 1. The van der Waals surface area contributed by atoms with Crippen LogP contribution in [0.4, 0.5) is 0 Å². The minimum Gasteiger partial charge on any atom is -0.380 e. The molecule has 1 aromatic rings. The van der Waals surface area contributed by atoms with Crippen LogP contribution >= 0.6 is 0 Å². The number of aromatic nitrogens is 1. The molecule has 0 aliphatic rings. The van der Waals surface area contributed by atoms with E-state index in [-0.39, 0.29) is 0 Å². The van der Waals surface area contributed by atoms with E-state index in [0.29, 0.717) is 6.54 Å². The lowest BCUT2D eigenvalue weighted by Crippen LogP contribution is -2.27. The molecule has 0 saturated heterocycles. The average Bonchev–Trinajstić information content (AvgIpc) is 2.38. The molecule has 1 rings (SSSR count). The zero-order valence-electron chi connectivity index (χ0n) is 10.9. The Balaban J connectivity index is 2.48. The Kier molecular flexibility index (Phi) is 6.77. The fraction of sp³-hybridized carbons (Fsp3) is 0.615. The van der Waals surface area contributed by atoms with E-state index in [1.807, 2.05) is 25.1 Å². The van der Waals surface area contributed by atoms with Crippen molar-refractivity contribution in [2.24, 2.45) is 5.73 Å². The van der Waals surface area contributed by atoms with Crippen LogP contribution in [0.2, 0.25) is 0 Å². The second kappa shape index (κ2) is 8.17. The molecule has 96 valence electrons. The first-order valence-corrected chi connectivity index (χ1v) is 6.25. The summed E-state index contributed by atoms with van der Waals surface area (Å²) < 4.78 is 5.37. The number of hydrogen-bond acceptors (Lipinski definition) is 4. The van der Waals surface area contributed by atoms with Gasteiger partial charge in [0.15, 0.2) is 0 Å². The minimum atomic E-state index is 0.499. The van der Waals surface area contributed by atoms with Gasteiger partial charge in [-0.25, -0.2) is 0 Å². The normalized spacial score (nSPS) is 11.1. The summed E-state index contributed by atoms with van der Waals surface area (Å²) in [5.41, 5.74) is 7.61. The van der Waals surface area contributed by atoms with Crippen LogP contribution in [-0.2, 0) is 17.8 Å². The Morgan fingerprint density at radius 1 is 1.29 bits per heavy atom. The maximum atomic E-state index is 5.58. The zero-order valence-corrected chi connectivity index (χ0v) is 10.9. The largest absolute Gasteiger partial charge is 0.380 e. The van der Waals surface area contributed by atoms with E-state index in [1.165, 1.54) is 0 Å². The first-order valence-electron chi connectivity index (χ1n) is 6.25. The van der Waals surface area contributed by atoms with Gasteiger partial charge in [-0.05, 0) is 25.6 Å². The summed E-state index contributed by atoms with van der Waals surface area (Å²) in [5.74, 6) is 0. The van der Waals surface area contributed by atoms with E-state index in [1.54, 1.807) is 0 Å². The van der Waals surface area contributed by atoms with Crippen molar-refractivity contribution in [3.63, 3.8) is 0 Å². The second-order valence-corrected chi connectivity index (χ2v) is 3.89. The molecule has 2 N–H and O–H groups in total. The molecule has 0 atom stereocenters. The molecule has 1 aromatic heterocycles. The number of nitrogens with two attached hydrogens (primary N) is 1. The van der Waals surface area contributed by atoms with Crippen molar-refractivity contribution in [3.8, 4) is 0 Å². The summed E-state index contributed by atoms with van der Waals surface area (Å²) in [6.45, 7) is 9.03. The molecule has 4 nitrogen and oxygen atoms in total. The molecular weight excluding hydrogens is 214 g/mol. The predicted molar refractivity (Wildman–Crippen MR) is 69.6 cm³/mol. The number of likely N-dealkylation sites (N-methyl/N-ethyl adjacent to an activating group) is 1. The second-order valence-electron chi connectivity index (χ2n) is 3.89. The third-order valence-corrected chi connectivity index (χ3v) is 2.66. The van der Waals surface area contributed by atoms with Crippen LogP contribution in [0.1, 0.15) is 25.2 Å². The SMILES string of the molecule is CCOCCN(CC)Cc1cccc(CN)n1. The minimum absolute atomic E-state index is 0.499. The summed E-state index contributed by atoms with van der Waals surface area (Å²) in [7, 11) is 0. The van der Waals surface area contributed by atoms with Crippen LogP contribution in [0.3, 0.4) is 0 Å². The lowest BCUT2D eigenvalue weighted by molar-refractivity contribution is 0.112. The van der Waals surface area contributed by atoms with Crippen molar-refractivity contribution in [1.82, 2.24) is 9.88 Å². The summed E-state index contributed by atoms with van der Waals surface area (Å²) in [6, 6.07) is 6.02. The third-order valence-electron chi connectivity index (χ3n) is 2.66. The maximum absolute atomic E-state index is 5.58. The summed E-state index contributed by atoms with van der Waals surface area (Å²) in [5, 5.41) is 0. The zero-order chi connectivity index (χ0) is 12.5. The van der Waals surface area contributed by atoms with Gasteiger partial charge in [-0.3, -0.25) is 9.88 Å². The molecule has 0 fully saturated rings. The van der Waals surface area contributed by atoms with Crippen molar-refractivity contribution in [2.45, 2.75) is 26.9 Å². The fourth-order valence-corrected chi connectivity index (χ4v) is 1.65. The lowest BCUT2D eigenvalue weighted by Gasteiger charge is -2.19. The Hall–Kier alpha value is -0.970. The predicted octanol–water partition coefficient (Wildman–Crippen LogP) is 1.40. The van der Waals surface area contributed by atoms with Gasteiger partial charge < -0.3 is 10.5 Å². The Morgan fingerprint density at radius 3 is 2.71 bits per heavy atom. The monoisotopic (exact) mass is 237 g/mol. The Labute approximate surface area is 104 Å². The molecule has 0 aliphatic carbocycles. The van der Waals surface area contributed by atoms with Crippen LogP contribution in [0.25, 0.3) is 0 Å². The van der Waals surface area contributed by atoms with Gasteiger partial charge >= 0.3 is 0 Å². The number of ether oxygens (including phenoxy) is 1. The first kappa shape index (κ1) is 14.1. The molecule has 0 amide bonds. The van der Waals surface area contributed by atoms with Crippen molar-refractivity contribution >= 4 is 0 Å². The van der Waals surface area contributed by atoms with Crippen LogP contribution in [0.5, 0.6) is 0 Å². The molecule has 0 aliphatic heterocycles. The summed E-state index contributed by atoms with van der Waals surface area (Å²) >= 11 is 0. The topological polar surface area (TPSA) is 51.4 Å². The van der Waals surface area contributed by atoms with E-state index in [9.17, 15) is 0 Å². The Bertz CT molecular complexity index is 317. The maximum Gasteiger partial charge on any atom is 0.0593 e. The number of rotatable bonds is 8. The van der Waals surface area contributed by atoms with Gasteiger partial charge in [0.2, 0.25) is 0 Å². The van der Waals surface area contributed by atoms with E-state index in [0.717, 1.165) is 44.2 Å². The molecular formula is C13H23N3O. The Morgan fingerprint density at radius 2 is 2.06 bits per heavy atom. The van der Waals surface area contributed by atoms with Crippen LogP contribution in [0.15, 0.2) is 18.2 Å². The molecule has 4 heteroatoms. The van der Waals surface area contributed by atoms with E-state index >= 15 is 0 Å². The molecule has 0 bridgehead atoms. The van der Waals surface area contributed by atoms with E-state index in [4.69, 9.17) is 10.5 Å². The van der Waals surface area contributed by atoms with Crippen molar-refractivity contribution < 1.29 is 4.74 Å². The van der Waals surface area contributed by atoms with Crippen LogP contribution in [0, 0.1) is 0 Å². The molecule has 17 heavy (non-hydrogen) atoms. The molecule has 0 aromatic carbocycles. The highest BCUT2D eigenvalue weighted by molar-refractivity contribution is 5.10. The van der Waals surface area contributed by atoms with Crippen molar-refractivity contribution in [2.75, 3.05) is 26.3 Å². The number of nitrogens with zero attached hydrogens (tertiary/aromatic N) is 2. The fourth-order valence-electron chi connectivity index (χ4n) is 1.65. The van der Waals surface area contributed by atoms with Gasteiger partial charge in [-0.2, -0.15) is 0 Å². The quantitative estimate of drug-likeness (QED) is 0.694. The summed E-state index contributed by atoms with van der Waals surface area (Å²) in [6.07, 6.45) is 0. The molecule has 0 radical (unpaired) electrons. The van der Waals surface area contributed by atoms with Crippen molar-refractivity contribution in [3.05, 3.63) is 29.6 Å². The van der Waals surface area contributed by atoms with Crippen molar-refractivity contribution in [1.29, 1.82) is 0 Å². The molecule has 0 spiro atoms. The van der Waals surface area contributed by atoms with Gasteiger partial charge in [0.1, 0.15) is 0 Å². The number of hydrogen-bond donors (Lipinski definition) is 1. The van der Waals surface area contributed by atoms with Gasteiger partial charge in [-0.15, -0.1) is 0 Å². The molecule has 0 saturated carbocycles. The van der Waals surface area contributed by atoms with Crippen LogP contribution < -0.4 is 5.73 Å². The lowest BCUT2D eigenvalue weighted by atomic mass is 10.3. The molecule has 0 unspecified atom stereocenters. The van der Waals surface area contributed by atoms with Crippen LogP contribution in [-0.4, -0.2) is 36.2 Å². The highest BCUT2D eigenvalue weighted by atomic mass is 16.5. The van der Waals surface area contributed by atoms with E-state index in [2.05, 4.69) is 16.8 Å². The summed E-state index contributed by atoms with van der Waals surface area (Å²) in [4.78, 5) is 6.82. The highest BCUT2D eigenvalue weighted by Crippen LogP contribution is 2.03. The smallest absolute Gasteiger partial charge is 0.0593 e. The standard InChI is InChI=1S/C13H23N3O/c1-3-16(8-9-17-4-2)11-13-7-5-6-12(10-14)15-13/h5-7H,3-4,8-11,14H2,1-2H3. The molecule has 1 heterocycles. The highest BCUT2D eigenvalue weighted by Gasteiger charge is 2.05. The van der Waals surface area contributed by atoms with Gasteiger partial charge in [0, 0.05) is 26.2 Å². The van der Waals surface area contributed by atoms with E-state index < -0.39 is 0 Å². The average molecular weight is 237 g/mol.